The summed E-state index contributed by atoms with van der Waals surface area (Å²) in [5.41, 5.74) is 3.07. The molecule has 0 aliphatic carbocycles. The number of anilines is 1. The monoisotopic (exact) mass is 335 g/mol. The molecule has 0 amide bonds. The van der Waals surface area contributed by atoms with Crippen molar-refractivity contribution in [3.63, 3.8) is 0 Å². The van der Waals surface area contributed by atoms with Crippen molar-refractivity contribution < 1.29 is 4.92 Å². The Hall–Kier alpha value is -2.82. The number of nitrogens with zero attached hydrogens (tertiary/aromatic N) is 3. The molecule has 0 saturated carbocycles. The second-order valence-electron chi connectivity index (χ2n) is 6.63. The quantitative estimate of drug-likeness (QED) is 0.518. The van der Waals surface area contributed by atoms with E-state index in [-0.39, 0.29) is 10.6 Å². The average molecular weight is 335 g/mol. The fourth-order valence-electron chi connectivity index (χ4n) is 3.69. The molecule has 1 aliphatic rings. The third-order valence-corrected chi connectivity index (χ3v) is 4.97. The van der Waals surface area contributed by atoms with Gasteiger partial charge in [0, 0.05) is 37.4 Å². The van der Waals surface area contributed by atoms with E-state index in [4.69, 9.17) is 0 Å². The van der Waals surface area contributed by atoms with E-state index in [9.17, 15) is 10.1 Å². The van der Waals surface area contributed by atoms with Crippen LogP contribution < -0.4 is 4.90 Å². The van der Waals surface area contributed by atoms with Crippen molar-refractivity contribution >= 4 is 22.3 Å². The van der Waals surface area contributed by atoms with Crippen LogP contribution in [0.4, 0.5) is 11.4 Å². The highest BCUT2D eigenvalue weighted by Gasteiger charge is 2.21. The summed E-state index contributed by atoms with van der Waals surface area (Å²) in [5.74, 6) is 0. The van der Waals surface area contributed by atoms with Crippen molar-refractivity contribution in [3.8, 4) is 0 Å². The van der Waals surface area contributed by atoms with E-state index < -0.39 is 0 Å². The number of hydrogen-bond donors (Lipinski definition) is 0. The highest BCUT2D eigenvalue weighted by molar-refractivity contribution is 5.80. The standard InChI is InChI=1S/C20H21N3O2/c24-23(25)20-14-16(8-9-19(20)21-11-4-1-5-12-21)15-22-13-10-17-6-2-3-7-18(17)22/h2-3,6-10,13-14H,1,4-5,11-12,15H2. The van der Waals surface area contributed by atoms with E-state index in [1.165, 1.54) is 11.8 Å². The van der Waals surface area contributed by atoms with Gasteiger partial charge in [-0.25, -0.2) is 0 Å². The number of para-hydroxylation sites is 1. The van der Waals surface area contributed by atoms with E-state index in [1.807, 2.05) is 30.5 Å². The Labute approximate surface area is 146 Å². The summed E-state index contributed by atoms with van der Waals surface area (Å²) in [7, 11) is 0. The van der Waals surface area contributed by atoms with Crippen LogP contribution >= 0.6 is 0 Å². The molecule has 0 unspecified atom stereocenters. The van der Waals surface area contributed by atoms with Gasteiger partial charge in [0.15, 0.2) is 0 Å². The molecular formula is C20H21N3O2. The van der Waals surface area contributed by atoms with Gasteiger partial charge in [-0.15, -0.1) is 0 Å². The second kappa shape index (κ2) is 6.59. The molecular weight excluding hydrogens is 314 g/mol. The fraction of sp³-hybridized carbons (Fsp3) is 0.300. The van der Waals surface area contributed by atoms with E-state index in [1.54, 1.807) is 6.07 Å². The maximum absolute atomic E-state index is 11.6. The van der Waals surface area contributed by atoms with Crippen molar-refractivity contribution in [1.82, 2.24) is 4.57 Å². The number of aromatic nitrogens is 1. The first-order valence-corrected chi connectivity index (χ1v) is 8.78. The van der Waals surface area contributed by atoms with E-state index >= 15 is 0 Å². The number of hydrogen-bond acceptors (Lipinski definition) is 3. The lowest BCUT2D eigenvalue weighted by Gasteiger charge is -2.28. The van der Waals surface area contributed by atoms with Crippen molar-refractivity contribution in [2.75, 3.05) is 18.0 Å². The zero-order valence-corrected chi connectivity index (χ0v) is 14.1. The third kappa shape index (κ3) is 3.09. The first-order valence-electron chi connectivity index (χ1n) is 8.78. The Morgan fingerprint density at radius 3 is 2.60 bits per heavy atom. The van der Waals surface area contributed by atoms with Gasteiger partial charge in [-0.1, -0.05) is 24.3 Å². The predicted molar refractivity (Wildman–Crippen MR) is 100 cm³/mol. The summed E-state index contributed by atoms with van der Waals surface area (Å²) in [6, 6.07) is 15.9. The van der Waals surface area contributed by atoms with Crippen LogP contribution in [0.3, 0.4) is 0 Å². The molecule has 1 aliphatic heterocycles. The predicted octanol–water partition coefficient (Wildman–Crippen LogP) is 4.59. The lowest BCUT2D eigenvalue weighted by molar-refractivity contribution is -0.384. The summed E-state index contributed by atoms with van der Waals surface area (Å²) in [6.45, 7) is 2.44. The minimum atomic E-state index is -0.249. The first-order chi connectivity index (χ1) is 12.2. The number of piperidine rings is 1. The van der Waals surface area contributed by atoms with Crippen LogP contribution in [0.15, 0.2) is 54.7 Å². The van der Waals surface area contributed by atoms with Gasteiger partial charge in [0.2, 0.25) is 0 Å². The van der Waals surface area contributed by atoms with Crippen LogP contribution in [0.5, 0.6) is 0 Å². The number of fused-ring (bicyclic) bond motifs is 1. The first kappa shape index (κ1) is 15.7. The van der Waals surface area contributed by atoms with Gasteiger partial charge in [-0.3, -0.25) is 10.1 Å². The molecule has 5 heteroatoms. The SMILES string of the molecule is O=[N+]([O-])c1cc(Cn2ccc3ccccc32)ccc1N1CCCCC1. The largest absolute Gasteiger partial charge is 0.366 e. The minimum absolute atomic E-state index is 0.218. The number of rotatable bonds is 4. The molecule has 1 fully saturated rings. The highest BCUT2D eigenvalue weighted by atomic mass is 16.6. The maximum atomic E-state index is 11.6. The summed E-state index contributed by atoms with van der Waals surface area (Å²) in [4.78, 5) is 13.5. The number of nitro benzene ring substituents is 1. The molecule has 1 aromatic heterocycles. The Kier molecular flexibility index (Phi) is 4.14. The fourth-order valence-corrected chi connectivity index (χ4v) is 3.69. The van der Waals surface area contributed by atoms with Crippen molar-refractivity contribution in [2.24, 2.45) is 0 Å². The van der Waals surface area contributed by atoms with E-state index in [0.29, 0.717) is 6.54 Å². The van der Waals surface area contributed by atoms with Gasteiger partial charge in [-0.05, 0) is 48.4 Å². The summed E-state index contributed by atoms with van der Waals surface area (Å²) >= 11 is 0. The normalized spacial score (nSPS) is 14.8. The minimum Gasteiger partial charge on any atom is -0.366 e. The van der Waals surface area contributed by atoms with Gasteiger partial charge in [0.05, 0.1) is 4.92 Å². The Balaban J connectivity index is 1.66. The average Bonchev–Trinajstić information content (AvgIpc) is 3.05. The molecule has 2 heterocycles. The van der Waals surface area contributed by atoms with Gasteiger partial charge in [-0.2, -0.15) is 0 Å². The van der Waals surface area contributed by atoms with Gasteiger partial charge < -0.3 is 9.47 Å². The zero-order chi connectivity index (χ0) is 17.2. The number of benzene rings is 2. The van der Waals surface area contributed by atoms with E-state index in [2.05, 4.69) is 27.7 Å². The molecule has 0 atom stereocenters. The molecule has 2 aromatic carbocycles. The summed E-state index contributed by atoms with van der Waals surface area (Å²) in [5, 5.41) is 12.8. The topological polar surface area (TPSA) is 51.3 Å². The molecule has 3 aromatic rings. The molecule has 25 heavy (non-hydrogen) atoms. The van der Waals surface area contributed by atoms with Crippen LogP contribution in [0.1, 0.15) is 24.8 Å². The third-order valence-electron chi connectivity index (χ3n) is 4.97. The molecule has 0 N–H and O–H groups in total. The van der Waals surface area contributed by atoms with Crippen LogP contribution in [-0.2, 0) is 6.54 Å². The summed E-state index contributed by atoms with van der Waals surface area (Å²) in [6.07, 6.45) is 5.46. The van der Waals surface area contributed by atoms with Gasteiger partial charge in [0.1, 0.15) is 5.69 Å². The van der Waals surface area contributed by atoms with Crippen molar-refractivity contribution in [1.29, 1.82) is 0 Å². The van der Waals surface area contributed by atoms with Crippen molar-refractivity contribution in [3.05, 3.63) is 70.4 Å². The Morgan fingerprint density at radius 1 is 1.00 bits per heavy atom. The van der Waals surface area contributed by atoms with Crippen LogP contribution in [0, 0.1) is 10.1 Å². The molecule has 128 valence electrons. The zero-order valence-electron chi connectivity index (χ0n) is 14.1. The molecule has 1 saturated heterocycles. The second-order valence-corrected chi connectivity index (χ2v) is 6.63. The smallest absolute Gasteiger partial charge is 0.292 e. The Morgan fingerprint density at radius 2 is 1.80 bits per heavy atom. The molecule has 0 spiro atoms. The van der Waals surface area contributed by atoms with Crippen LogP contribution in [0.25, 0.3) is 10.9 Å². The molecule has 4 rings (SSSR count). The number of nitro groups is 1. The van der Waals surface area contributed by atoms with Crippen LogP contribution in [0.2, 0.25) is 0 Å². The van der Waals surface area contributed by atoms with Gasteiger partial charge in [0.25, 0.3) is 5.69 Å². The van der Waals surface area contributed by atoms with Gasteiger partial charge >= 0.3 is 0 Å². The lowest BCUT2D eigenvalue weighted by Crippen LogP contribution is -2.29. The van der Waals surface area contributed by atoms with E-state index in [0.717, 1.165) is 42.7 Å². The highest BCUT2D eigenvalue weighted by Crippen LogP contribution is 2.31. The molecule has 0 radical (unpaired) electrons. The van der Waals surface area contributed by atoms with Crippen LogP contribution in [-0.4, -0.2) is 22.6 Å². The summed E-state index contributed by atoms with van der Waals surface area (Å²) < 4.78 is 2.13. The van der Waals surface area contributed by atoms with Crippen molar-refractivity contribution in [2.45, 2.75) is 25.8 Å². The molecule has 0 bridgehead atoms. The Bertz CT molecular complexity index is 910. The maximum Gasteiger partial charge on any atom is 0.292 e. The molecule has 5 nitrogen and oxygen atoms in total. The lowest BCUT2D eigenvalue weighted by atomic mass is 10.1.